The van der Waals surface area contributed by atoms with Gasteiger partial charge in [-0.25, -0.2) is 4.79 Å². The molecule has 1 amide bonds. The van der Waals surface area contributed by atoms with E-state index < -0.39 is 0 Å². The lowest BCUT2D eigenvalue weighted by Crippen LogP contribution is -2.27. The maximum atomic E-state index is 12.9. The minimum Gasteiger partial charge on any atom is -0.295 e. The third-order valence-electron chi connectivity index (χ3n) is 4.54. The van der Waals surface area contributed by atoms with E-state index in [-0.39, 0.29) is 11.6 Å². The molecule has 4 rings (SSSR count). The Labute approximate surface area is 180 Å². The lowest BCUT2D eigenvalue weighted by Gasteiger charge is -2.16. The van der Waals surface area contributed by atoms with Crippen LogP contribution in [0, 0.1) is 0 Å². The number of benzene rings is 2. The molecule has 0 radical (unpaired) electrons. The Morgan fingerprint density at radius 2 is 1.71 bits per heavy atom. The molecule has 0 unspecified atom stereocenters. The van der Waals surface area contributed by atoms with E-state index in [4.69, 9.17) is 35.4 Å². The predicted octanol–water partition coefficient (Wildman–Crippen LogP) is 4.59. The molecule has 1 aromatic heterocycles. The topological polar surface area (TPSA) is 47.2 Å². The number of nitrogens with zero attached hydrogens (tertiary/aromatic N) is 3. The fourth-order valence-electron chi connectivity index (χ4n) is 3.10. The van der Waals surface area contributed by atoms with Crippen molar-refractivity contribution in [3.8, 4) is 0 Å². The molecule has 3 aromatic rings. The summed E-state index contributed by atoms with van der Waals surface area (Å²) in [4.78, 5) is 26.9. The van der Waals surface area contributed by atoms with Gasteiger partial charge in [-0.15, -0.1) is 0 Å². The molecule has 2 heterocycles. The molecule has 1 fully saturated rings. The minimum absolute atomic E-state index is 0.101. The smallest absolute Gasteiger partial charge is 0.295 e. The lowest BCUT2D eigenvalue weighted by atomic mass is 10.1. The summed E-state index contributed by atoms with van der Waals surface area (Å²) in [7, 11) is 3.45. The summed E-state index contributed by atoms with van der Waals surface area (Å²) in [6.07, 6.45) is 1.76. The number of carbonyl (C=O) groups excluding carboxylic acids is 1. The number of aryl methyl sites for hydroxylation is 2. The van der Waals surface area contributed by atoms with Gasteiger partial charge in [0.25, 0.3) is 5.91 Å². The van der Waals surface area contributed by atoms with E-state index >= 15 is 0 Å². The summed E-state index contributed by atoms with van der Waals surface area (Å²) in [6, 6.07) is 10.5. The first-order chi connectivity index (χ1) is 13.3. The van der Waals surface area contributed by atoms with Gasteiger partial charge in [-0.3, -0.25) is 18.8 Å². The van der Waals surface area contributed by atoms with Gasteiger partial charge in [0, 0.05) is 19.1 Å². The number of fused-ring (bicyclic) bond motifs is 1. The van der Waals surface area contributed by atoms with Crippen LogP contribution in [-0.4, -0.2) is 19.4 Å². The third-order valence-corrected chi connectivity index (χ3v) is 6.38. The molecule has 0 aliphatic carbocycles. The standard InChI is InChI=1S/C19H13Cl2N3O2S2/c1-22-14-5-3-10(7-15(14)23(2)18(22)26)8-16-17(25)24(19(27)28-16)13-6-4-11(20)9-12(13)21/h3-9H,1-2H3/b16-8-. The van der Waals surface area contributed by atoms with Crippen molar-refractivity contribution in [2.24, 2.45) is 14.1 Å². The Bertz CT molecular complexity index is 1260. The molecule has 1 aliphatic heterocycles. The number of anilines is 1. The predicted molar refractivity (Wildman–Crippen MR) is 120 cm³/mol. The van der Waals surface area contributed by atoms with Crippen molar-refractivity contribution in [1.82, 2.24) is 9.13 Å². The number of thioether (sulfide) groups is 1. The van der Waals surface area contributed by atoms with E-state index in [2.05, 4.69) is 0 Å². The lowest BCUT2D eigenvalue weighted by molar-refractivity contribution is -0.113. The van der Waals surface area contributed by atoms with Gasteiger partial charge in [-0.1, -0.05) is 53.2 Å². The Kier molecular flexibility index (Phi) is 4.87. The fourth-order valence-corrected chi connectivity index (χ4v) is 4.88. The Balaban J connectivity index is 1.74. The zero-order valence-electron chi connectivity index (χ0n) is 14.8. The van der Waals surface area contributed by atoms with Crippen molar-refractivity contribution < 1.29 is 4.79 Å². The highest BCUT2D eigenvalue weighted by Crippen LogP contribution is 2.39. The van der Waals surface area contributed by atoms with Crippen molar-refractivity contribution in [2.45, 2.75) is 0 Å². The highest BCUT2D eigenvalue weighted by molar-refractivity contribution is 8.27. The van der Waals surface area contributed by atoms with Crippen molar-refractivity contribution in [3.63, 3.8) is 0 Å². The van der Waals surface area contributed by atoms with Crippen molar-refractivity contribution >= 4 is 80.2 Å². The zero-order chi connectivity index (χ0) is 20.2. The van der Waals surface area contributed by atoms with Crippen LogP contribution < -0.4 is 10.6 Å². The van der Waals surface area contributed by atoms with E-state index in [0.717, 1.165) is 16.6 Å². The maximum absolute atomic E-state index is 12.9. The summed E-state index contributed by atoms with van der Waals surface area (Å²) in [5, 5.41) is 0.835. The SMILES string of the molecule is Cn1c(=O)n(C)c2cc(/C=C3\SC(=S)N(c4ccc(Cl)cc4Cl)C3=O)ccc21. The van der Waals surface area contributed by atoms with Gasteiger partial charge in [0.2, 0.25) is 0 Å². The number of rotatable bonds is 2. The van der Waals surface area contributed by atoms with Gasteiger partial charge < -0.3 is 0 Å². The van der Waals surface area contributed by atoms with E-state index in [1.807, 2.05) is 18.2 Å². The van der Waals surface area contributed by atoms with Crippen LogP contribution in [0.1, 0.15) is 5.56 Å². The second-order valence-corrected chi connectivity index (χ2v) is 8.78. The first-order valence-corrected chi connectivity index (χ1v) is 10.1. The molecule has 0 spiro atoms. The normalized spacial score (nSPS) is 16.0. The average molecular weight is 450 g/mol. The number of halogens is 2. The summed E-state index contributed by atoms with van der Waals surface area (Å²) in [5.41, 5.74) is 2.81. The Morgan fingerprint density at radius 3 is 2.43 bits per heavy atom. The van der Waals surface area contributed by atoms with Crippen LogP contribution in [0.15, 0.2) is 46.1 Å². The summed E-state index contributed by atoms with van der Waals surface area (Å²) >= 11 is 18.8. The quantitative estimate of drug-likeness (QED) is 0.423. The molecule has 28 heavy (non-hydrogen) atoms. The molecule has 5 nitrogen and oxygen atoms in total. The van der Waals surface area contributed by atoms with Crippen molar-refractivity contribution in [2.75, 3.05) is 4.90 Å². The summed E-state index contributed by atoms with van der Waals surface area (Å²) < 4.78 is 3.56. The number of carbonyl (C=O) groups is 1. The van der Waals surface area contributed by atoms with Gasteiger partial charge in [0.1, 0.15) is 0 Å². The maximum Gasteiger partial charge on any atom is 0.328 e. The van der Waals surface area contributed by atoms with Crippen LogP contribution in [0.3, 0.4) is 0 Å². The molecule has 0 bridgehead atoms. The van der Waals surface area contributed by atoms with Crippen LogP contribution in [0.4, 0.5) is 5.69 Å². The molecule has 142 valence electrons. The van der Waals surface area contributed by atoms with Gasteiger partial charge in [0.05, 0.1) is 26.6 Å². The molecule has 0 N–H and O–H groups in total. The first kappa shape index (κ1) is 19.3. The second kappa shape index (κ2) is 7.08. The van der Waals surface area contributed by atoms with Crippen LogP contribution in [0.2, 0.25) is 10.0 Å². The van der Waals surface area contributed by atoms with E-state index in [0.29, 0.717) is 25.0 Å². The Morgan fingerprint density at radius 1 is 1.00 bits per heavy atom. The highest BCUT2D eigenvalue weighted by atomic mass is 35.5. The first-order valence-electron chi connectivity index (χ1n) is 8.16. The van der Waals surface area contributed by atoms with E-state index in [1.54, 1.807) is 47.5 Å². The second-order valence-electron chi connectivity index (χ2n) is 6.26. The van der Waals surface area contributed by atoms with Crippen LogP contribution in [0.25, 0.3) is 17.1 Å². The number of hydrogen-bond acceptors (Lipinski definition) is 4. The molecule has 1 saturated heterocycles. The van der Waals surface area contributed by atoms with Gasteiger partial charge in [0.15, 0.2) is 4.32 Å². The molecule has 0 atom stereocenters. The average Bonchev–Trinajstić information content (AvgIpc) is 3.04. The van der Waals surface area contributed by atoms with Crippen LogP contribution in [-0.2, 0) is 18.9 Å². The summed E-state index contributed by atoms with van der Waals surface area (Å²) in [5.74, 6) is -0.249. The number of imidazole rings is 1. The van der Waals surface area contributed by atoms with E-state index in [1.165, 1.54) is 16.7 Å². The number of aromatic nitrogens is 2. The molecular weight excluding hydrogens is 437 g/mol. The molecule has 2 aromatic carbocycles. The fraction of sp³-hybridized carbons (Fsp3) is 0.105. The third kappa shape index (κ3) is 3.08. The van der Waals surface area contributed by atoms with Crippen molar-refractivity contribution in [1.29, 1.82) is 0 Å². The molecule has 9 heteroatoms. The number of thiocarbonyl (C=S) groups is 1. The van der Waals surface area contributed by atoms with Gasteiger partial charge >= 0.3 is 5.69 Å². The van der Waals surface area contributed by atoms with Gasteiger partial charge in [-0.05, 0) is 42.0 Å². The zero-order valence-corrected chi connectivity index (χ0v) is 17.9. The summed E-state index contributed by atoms with van der Waals surface area (Å²) in [6.45, 7) is 0. The Hall–Kier alpha value is -2.06. The molecular formula is C19H13Cl2N3O2S2. The van der Waals surface area contributed by atoms with Crippen molar-refractivity contribution in [3.05, 3.63) is 67.4 Å². The molecule has 1 aliphatic rings. The minimum atomic E-state index is -0.249. The highest BCUT2D eigenvalue weighted by Gasteiger charge is 2.34. The number of amides is 1. The largest absolute Gasteiger partial charge is 0.328 e. The number of hydrogen-bond donors (Lipinski definition) is 0. The van der Waals surface area contributed by atoms with Crippen LogP contribution in [0.5, 0.6) is 0 Å². The monoisotopic (exact) mass is 449 g/mol. The van der Waals surface area contributed by atoms with Gasteiger partial charge in [-0.2, -0.15) is 0 Å². The van der Waals surface area contributed by atoms with Crippen LogP contribution >= 0.6 is 47.2 Å². The molecule has 0 saturated carbocycles. The van der Waals surface area contributed by atoms with E-state index in [9.17, 15) is 9.59 Å².